The average Bonchev–Trinajstić information content (AvgIpc) is 2.83. The number of carbonyl (C=O) groups excluding carboxylic acids is 2. The first kappa shape index (κ1) is 13.5. The summed E-state index contributed by atoms with van der Waals surface area (Å²) in [6.45, 7) is 0.617. The van der Waals surface area contributed by atoms with Crippen molar-refractivity contribution < 1.29 is 14.3 Å². The van der Waals surface area contributed by atoms with Crippen LogP contribution in [0.5, 0.6) is 0 Å². The lowest BCUT2D eigenvalue weighted by molar-refractivity contribution is -0.147. The van der Waals surface area contributed by atoms with Crippen molar-refractivity contribution in [2.75, 3.05) is 13.7 Å². The molecule has 0 radical (unpaired) electrons. The van der Waals surface area contributed by atoms with E-state index in [0.29, 0.717) is 18.5 Å². The Bertz CT molecular complexity index is 460. The molecule has 4 nitrogen and oxygen atoms in total. The highest BCUT2D eigenvalue weighted by Crippen LogP contribution is 2.25. The molecular weight excluding hydrogens is 318 g/mol. The first-order valence-corrected chi connectivity index (χ1v) is 7.43. The summed E-state index contributed by atoms with van der Waals surface area (Å²) >= 11 is 4.80. The number of carbonyl (C=O) groups is 2. The van der Waals surface area contributed by atoms with Gasteiger partial charge in [-0.2, -0.15) is 0 Å². The second kappa shape index (κ2) is 5.84. The molecule has 1 aliphatic heterocycles. The molecule has 0 unspecified atom stereocenters. The van der Waals surface area contributed by atoms with Crippen LogP contribution in [0.1, 0.15) is 29.6 Å². The van der Waals surface area contributed by atoms with Gasteiger partial charge in [0.15, 0.2) is 0 Å². The number of hydrogen-bond acceptors (Lipinski definition) is 4. The van der Waals surface area contributed by atoms with Gasteiger partial charge in [-0.05, 0) is 41.3 Å². The number of hydrogen-bond donors (Lipinski definition) is 0. The van der Waals surface area contributed by atoms with Crippen LogP contribution in [0.15, 0.2) is 15.2 Å². The molecule has 0 aliphatic carbocycles. The van der Waals surface area contributed by atoms with Crippen LogP contribution in [-0.2, 0) is 9.53 Å². The Hall–Kier alpha value is -0.880. The SMILES string of the molecule is COC(=O)[C@@H]1CCCCN1C(=O)c1csc(Br)c1. The lowest BCUT2D eigenvalue weighted by Gasteiger charge is -2.33. The van der Waals surface area contributed by atoms with Crippen LogP contribution in [0, 0.1) is 0 Å². The lowest BCUT2D eigenvalue weighted by Crippen LogP contribution is -2.48. The van der Waals surface area contributed by atoms with E-state index in [1.165, 1.54) is 18.4 Å². The fourth-order valence-corrected chi connectivity index (χ4v) is 3.27. The maximum absolute atomic E-state index is 12.3. The van der Waals surface area contributed by atoms with Gasteiger partial charge in [0, 0.05) is 11.9 Å². The van der Waals surface area contributed by atoms with Gasteiger partial charge in [0.05, 0.1) is 16.5 Å². The van der Waals surface area contributed by atoms with E-state index in [9.17, 15) is 9.59 Å². The largest absolute Gasteiger partial charge is 0.467 e. The minimum Gasteiger partial charge on any atom is -0.467 e. The van der Waals surface area contributed by atoms with Crippen molar-refractivity contribution in [3.05, 3.63) is 20.8 Å². The molecule has 6 heteroatoms. The molecule has 0 spiro atoms. The molecule has 1 saturated heterocycles. The minimum absolute atomic E-state index is 0.0907. The van der Waals surface area contributed by atoms with E-state index in [2.05, 4.69) is 15.9 Å². The Labute approximate surface area is 118 Å². The van der Waals surface area contributed by atoms with E-state index in [1.807, 2.05) is 0 Å². The third kappa shape index (κ3) is 2.75. The molecule has 2 heterocycles. The van der Waals surface area contributed by atoms with Crippen molar-refractivity contribution in [1.82, 2.24) is 4.90 Å². The molecule has 18 heavy (non-hydrogen) atoms. The predicted octanol–water partition coefficient (Wildman–Crippen LogP) is 2.68. The number of nitrogens with zero attached hydrogens (tertiary/aromatic N) is 1. The first-order valence-electron chi connectivity index (χ1n) is 5.76. The van der Waals surface area contributed by atoms with Crippen LogP contribution in [0.3, 0.4) is 0 Å². The Kier molecular flexibility index (Phi) is 4.40. The zero-order valence-electron chi connectivity index (χ0n) is 10.0. The van der Waals surface area contributed by atoms with E-state index in [1.54, 1.807) is 16.3 Å². The monoisotopic (exact) mass is 331 g/mol. The highest BCUT2D eigenvalue weighted by atomic mass is 79.9. The number of halogens is 1. The highest BCUT2D eigenvalue weighted by molar-refractivity contribution is 9.11. The number of esters is 1. The molecule has 98 valence electrons. The summed E-state index contributed by atoms with van der Waals surface area (Å²) in [7, 11) is 1.36. The Morgan fingerprint density at radius 1 is 1.50 bits per heavy atom. The quantitative estimate of drug-likeness (QED) is 0.783. The Morgan fingerprint density at radius 3 is 2.89 bits per heavy atom. The molecule has 1 aromatic rings. The van der Waals surface area contributed by atoms with Crippen LogP contribution < -0.4 is 0 Å². The number of piperidine rings is 1. The molecule has 0 bridgehead atoms. The van der Waals surface area contributed by atoms with Gasteiger partial charge in [-0.25, -0.2) is 4.79 Å². The van der Waals surface area contributed by atoms with Gasteiger partial charge in [-0.1, -0.05) is 0 Å². The van der Waals surface area contributed by atoms with E-state index in [4.69, 9.17) is 4.74 Å². The fourth-order valence-electron chi connectivity index (χ4n) is 2.14. The molecule has 0 N–H and O–H groups in total. The molecule has 1 aliphatic rings. The average molecular weight is 332 g/mol. The summed E-state index contributed by atoms with van der Waals surface area (Å²) in [5, 5.41) is 1.80. The summed E-state index contributed by atoms with van der Waals surface area (Å²) in [6.07, 6.45) is 2.57. The van der Waals surface area contributed by atoms with Crippen molar-refractivity contribution in [1.29, 1.82) is 0 Å². The van der Waals surface area contributed by atoms with Gasteiger partial charge in [0.1, 0.15) is 6.04 Å². The van der Waals surface area contributed by atoms with Crippen LogP contribution in [0.2, 0.25) is 0 Å². The highest BCUT2D eigenvalue weighted by Gasteiger charge is 2.33. The van der Waals surface area contributed by atoms with E-state index in [0.717, 1.165) is 16.6 Å². The maximum atomic E-state index is 12.3. The maximum Gasteiger partial charge on any atom is 0.328 e. The zero-order valence-corrected chi connectivity index (χ0v) is 12.4. The van der Waals surface area contributed by atoms with Gasteiger partial charge in [-0.3, -0.25) is 4.79 Å². The third-order valence-electron chi connectivity index (χ3n) is 3.05. The topological polar surface area (TPSA) is 46.6 Å². The number of likely N-dealkylation sites (tertiary alicyclic amines) is 1. The summed E-state index contributed by atoms with van der Waals surface area (Å²) in [5.74, 6) is -0.413. The number of rotatable bonds is 2. The van der Waals surface area contributed by atoms with E-state index >= 15 is 0 Å². The van der Waals surface area contributed by atoms with Gasteiger partial charge < -0.3 is 9.64 Å². The molecule has 1 atom stereocenters. The van der Waals surface area contributed by atoms with Gasteiger partial charge in [0.25, 0.3) is 5.91 Å². The number of amides is 1. The van der Waals surface area contributed by atoms with Crippen molar-refractivity contribution in [3.63, 3.8) is 0 Å². The summed E-state index contributed by atoms with van der Waals surface area (Å²) < 4.78 is 5.69. The normalized spacial score (nSPS) is 19.7. The van der Waals surface area contributed by atoms with Crippen LogP contribution >= 0.6 is 27.3 Å². The molecule has 2 rings (SSSR count). The van der Waals surface area contributed by atoms with Crippen LogP contribution in [0.4, 0.5) is 0 Å². The summed E-state index contributed by atoms with van der Waals surface area (Å²) in [4.78, 5) is 25.7. The molecule has 1 aromatic heterocycles. The number of methoxy groups -OCH3 is 1. The van der Waals surface area contributed by atoms with Crippen molar-refractivity contribution in [2.24, 2.45) is 0 Å². The standard InChI is InChI=1S/C12H14BrNO3S/c1-17-12(16)9-4-2-3-5-14(9)11(15)8-6-10(13)18-7-8/h6-7,9H,2-5H2,1H3/t9-/m0/s1. The van der Waals surface area contributed by atoms with Gasteiger partial charge >= 0.3 is 5.97 Å². The smallest absolute Gasteiger partial charge is 0.328 e. The number of ether oxygens (including phenoxy) is 1. The second-order valence-corrected chi connectivity index (χ2v) is 6.46. The first-order chi connectivity index (χ1) is 8.63. The van der Waals surface area contributed by atoms with Crippen LogP contribution in [-0.4, -0.2) is 36.5 Å². The van der Waals surface area contributed by atoms with E-state index < -0.39 is 6.04 Å². The van der Waals surface area contributed by atoms with E-state index in [-0.39, 0.29) is 11.9 Å². The fraction of sp³-hybridized carbons (Fsp3) is 0.500. The summed E-state index contributed by atoms with van der Waals surface area (Å²) in [5.41, 5.74) is 0.627. The van der Waals surface area contributed by atoms with Crippen LogP contribution in [0.25, 0.3) is 0 Å². The van der Waals surface area contributed by atoms with Crippen molar-refractivity contribution in [3.8, 4) is 0 Å². The second-order valence-electron chi connectivity index (χ2n) is 4.17. The Morgan fingerprint density at radius 2 is 2.28 bits per heavy atom. The molecule has 0 saturated carbocycles. The minimum atomic E-state index is -0.435. The van der Waals surface area contributed by atoms with Gasteiger partial charge in [0.2, 0.25) is 0 Å². The predicted molar refractivity (Wildman–Crippen MR) is 72.7 cm³/mol. The summed E-state index contributed by atoms with van der Waals surface area (Å²) in [6, 6.07) is 1.35. The number of thiophene rings is 1. The Balaban J connectivity index is 2.18. The third-order valence-corrected chi connectivity index (χ3v) is 4.56. The van der Waals surface area contributed by atoms with Crippen molar-refractivity contribution >= 4 is 39.1 Å². The zero-order chi connectivity index (χ0) is 13.1. The van der Waals surface area contributed by atoms with Crippen molar-refractivity contribution in [2.45, 2.75) is 25.3 Å². The van der Waals surface area contributed by atoms with Gasteiger partial charge in [-0.15, -0.1) is 11.3 Å². The lowest BCUT2D eigenvalue weighted by atomic mass is 10.0. The molecule has 1 amide bonds. The molecule has 1 fully saturated rings. The molecular formula is C12H14BrNO3S. The molecule has 0 aromatic carbocycles.